The smallest absolute Gasteiger partial charge is 0.311 e. The van der Waals surface area contributed by atoms with Gasteiger partial charge in [0, 0.05) is 13.0 Å². The van der Waals surface area contributed by atoms with Crippen molar-refractivity contribution in [3.8, 4) is 0 Å². The minimum atomic E-state index is -0.477. The van der Waals surface area contributed by atoms with E-state index < -0.39 is 11.5 Å². The van der Waals surface area contributed by atoms with Gasteiger partial charge < -0.3 is 9.72 Å². The van der Waals surface area contributed by atoms with Gasteiger partial charge in [-0.2, -0.15) is 0 Å². The van der Waals surface area contributed by atoms with Gasteiger partial charge in [-0.1, -0.05) is 0 Å². The molecule has 0 aliphatic rings. The summed E-state index contributed by atoms with van der Waals surface area (Å²) in [7, 11) is 0. The average Bonchev–Trinajstić information content (AvgIpc) is 2.16. The minimum Gasteiger partial charge on any atom is -0.466 e. The highest BCUT2D eigenvalue weighted by Crippen LogP contribution is 1.96. The molecule has 1 rings (SSSR count). The third-order valence-electron chi connectivity index (χ3n) is 1.76. The summed E-state index contributed by atoms with van der Waals surface area (Å²) in [6, 6.07) is 1.17. The molecule has 16 heavy (non-hydrogen) atoms. The van der Waals surface area contributed by atoms with Crippen LogP contribution in [0.2, 0.25) is 0 Å². The highest BCUT2D eigenvalue weighted by molar-refractivity contribution is 5.90. The van der Waals surface area contributed by atoms with Gasteiger partial charge in [0.2, 0.25) is 0 Å². The molecule has 1 aromatic heterocycles. The fourth-order valence-electron chi connectivity index (χ4n) is 1.13. The van der Waals surface area contributed by atoms with Crippen molar-refractivity contribution in [3.05, 3.63) is 27.9 Å². The van der Waals surface area contributed by atoms with Crippen LogP contribution < -0.4 is 5.56 Å². The van der Waals surface area contributed by atoms with E-state index in [2.05, 4.69) is 9.97 Å². The molecule has 0 saturated carbocycles. The number of rotatable bonds is 4. The summed E-state index contributed by atoms with van der Waals surface area (Å²) in [5, 5.41) is 0. The average molecular weight is 224 g/mol. The molecule has 86 valence electrons. The monoisotopic (exact) mass is 224 g/mol. The Morgan fingerprint density at radius 2 is 2.19 bits per heavy atom. The third-order valence-corrected chi connectivity index (χ3v) is 1.76. The Morgan fingerprint density at radius 1 is 1.50 bits per heavy atom. The normalized spacial score (nSPS) is 9.88. The molecule has 0 aliphatic heterocycles. The van der Waals surface area contributed by atoms with Crippen molar-refractivity contribution in [2.24, 2.45) is 0 Å². The fraction of sp³-hybridized carbons (Fsp3) is 0.400. The van der Waals surface area contributed by atoms with Crippen LogP contribution in [0.5, 0.6) is 0 Å². The number of hydrogen-bond acceptors (Lipinski definition) is 5. The minimum absolute atomic E-state index is 0.0493. The summed E-state index contributed by atoms with van der Waals surface area (Å²) in [5.74, 6) is -0.885. The molecule has 0 fully saturated rings. The van der Waals surface area contributed by atoms with Gasteiger partial charge in [-0.15, -0.1) is 0 Å². The molecule has 0 saturated heterocycles. The summed E-state index contributed by atoms with van der Waals surface area (Å²) in [5.41, 5.74) is -0.230. The second kappa shape index (κ2) is 5.20. The lowest BCUT2D eigenvalue weighted by atomic mass is 10.3. The van der Waals surface area contributed by atoms with Gasteiger partial charge in [0.25, 0.3) is 5.56 Å². The number of carbonyl (C=O) groups is 2. The molecule has 0 spiro atoms. The largest absolute Gasteiger partial charge is 0.466 e. The number of nitrogens with one attached hydrogen (secondary N) is 1. The fourth-order valence-corrected chi connectivity index (χ4v) is 1.13. The van der Waals surface area contributed by atoms with Gasteiger partial charge in [-0.05, 0) is 6.92 Å². The predicted molar refractivity (Wildman–Crippen MR) is 55.2 cm³/mol. The van der Waals surface area contributed by atoms with Crippen LogP contribution in [0.1, 0.15) is 30.2 Å². The highest BCUT2D eigenvalue weighted by atomic mass is 16.5. The molecule has 0 atom stereocenters. The van der Waals surface area contributed by atoms with Crippen molar-refractivity contribution < 1.29 is 14.3 Å². The van der Waals surface area contributed by atoms with Crippen molar-refractivity contribution in [2.75, 3.05) is 6.61 Å². The van der Waals surface area contributed by atoms with Crippen molar-refractivity contribution >= 4 is 11.8 Å². The molecular weight excluding hydrogens is 212 g/mol. The molecule has 0 unspecified atom stereocenters. The van der Waals surface area contributed by atoms with Crippen molar-refractivity contribution in [1.29, 1.82) is 0 Å². The predicted octanol–water partition coefficient (Wildman–Crippen LogP) is 0.0781. The Balaban J connectivity index is 2.93. The standard InChI is InChI=1S/C10H12N2O4/c1-3-16-9(15)5-7-4-8(14)12-10(11-7)6(2)13/h4H,3,5H2,1-2H3,(H,11,12,14). The number of nitrogens with zero attached hydrogens (tertiary/aromatic N) is 1. The summed E-state index contributed by atoms with van der Waals surface area (Å²) in [4.78, 5) is 39.4. The summed E-state index contributed by atoms with van der Waals surface area (Å²) in [6.07, 6.45) is -0.113. The van der Waals surface area contributed by atoms with Crippen molar-refractivity contribution in [1.82, 2.24) is 9.97 Å². The van der Waals surface area contributed by atoms with Gasteiger partial charge >= 0.3 is 5.97 Å². The van der Waals surface area contributed by atoms with E-state index in [1.807, 2.05) is 0 Å². The Bertz CT molecular complexity index is 464. The topological polar surface area (TPSA) is 89.1 Å². The van der Waals surface area contributed by atoms with Crippen LogP contribution in [0.4, 0.5) is 0 Å². The Kier molecular flexibility index (Phi) is 3.93. The van der Waals surface area contributed by atoms with E-state index in [0.717, 1.165) is 0 Å². The number of Topliss-reactive ketones (excluding diaryl/α,β-unsaturated/α-hetero) is 1. The molecule has 0 aromatic carbocycles. The molecule has 1 aromatic rings. The molecule has 0 radical (unpaired) electrons. The molecule has 0 amide bonds. The van der Waals surface area contributed by atoms with Crippen LogP contribution in [-0.4, -0.2) is 28.3 Å². The van der Waals surface area contributed by atoms with Gasteiger partial charge in [-0.25, -0.2) is 4.98 Å². The number of esters is 1. The third kappa shape index (κ3) is 3.30. The second-order valence-corrected chi connectivity index (χ2v) is 3.12. The van der Waals surface area contributed by atoms with E-state index in [-0.39, 0.29) is 30.3 Å². The lowest BCUT2D eigenvalue weighted by Crippen LogP contribution is -2.18. The maximum absolute atomic E-state index is 11.2. The van der Waals surface area contributed by atoms with E-state index in [4.69, 9.17) is 4.74 Å². The number of ketones is 1. The zero-order valence-corrected chi connectivity index (χ0v) is 9.07. The van der Waals surface area contributed by atoms with Crippen LogP contribution in [0, 0.1) is 0 Å². The molecule has 6 nitrogen and oxygen atoms in total. The lowest BCUT2D eigenvalue weighted by Gasteiger charge is -2.02. The molecule has 1 heterocycles. The number of hydrogen-bond donors (Lipinski definition) is 1. The molecule has 6 heteroatoms. The van der Waals surface area contributed by atoms with E-state index in [1.165, 1.54) is 13.0 Å². The van der Waals surface area contributed by atoms with E-state index in [0.29, 0.717) is 0 Å². The number of aromatic amines is 1. The Labute approximate surface area is 91.7 Å². The van der Waals surface area contributed by atoms with Crippen LogP contribution in [-0.2, 0) is 16.0 Å². The summed E-state index contributed by atoms with van der Waals surface area (Å²) >= 11 is 0. The van der Waals surface area contributed by atoms with Gasteiger partial charge in [0.15, 0.2) is 11.6 Å². The van der Waals surface area contributed by atoms with Crippen LogP contribution in [0.25, 0.3) is 0 Å². The lowest BCUT2D eigenvalue weighted by molar-refractivity contribution is -0.142. The maximum Gasteiger partial charge on any atom is 0.311 e. The quantitative estimate of drug-likeness (QED) is 0.577. The van der Waals surface area contributed by atoms with Crippen LogP contribution >= 0.6 is 0 Å². The van der Waals surface area contributed by atoms with Crippen LogP contribution in [0.15, 0.2) is 10.9 Å². The Hall–Kier alpha value is -1.98. The highest BCUT2D eigenvalue weighted by Gasteiger charge is 2.09. The van der Waals surface area contributed by atoms with Crippen LogP contribution in [0.3, 0.4) is 0 Å². The number of ether oxygens (including phenoxy) is 1. The molecule has 1 N–H and O–H groups in total. The zero-order valence-electron chi connectivity index (χ0n) is 9.07. The first-order chi connectivity index (χ1) is 7.52. The van der Waals surface area contributed by atoms with E-state index in [1.54, 1.807) is 6.92 Å². The Morgan fingerprint density at radius 3 is 2.75 bits per heavy atom. The van der Waals surface area contributed by atoms with Gasteiger partial charge in [0.05, 0.1) is 18.7 Å². The zero-order chi connectivity index (χ0) is 12.1. The first kappa shape index (κ1) is 12.1. The van der Waals surface area contributed by atoms with E-state index >= 15 is 0 Å². The van der Waals surface area contributed by atoms with Crippen molar-refractivity contribution in [2.45, 2.75) is 20.3 Å². The maximum atomic E-state index is 11.2. The number of aromatic nitrogens is 2. The first-order valence-electron chi connectivity index (χ1n) is 4.79. The van der Waals surface area contributed by atoms with Gasteiger partial charge in [0.1, 0.15) is 0 Å². The number of H-pyrrole nitrogens is 1. The molecular formula is C10H12N2O4. The summed E-state index contributed by atoms with van der Waals surface area (Å²) in [6.45, 7) is 3.23. The van der Waals surface area contributed by atoms with E-state index in [9.17, 15) is 14.4 Å². The molecule has 0 bridgehead atoms. The SMILES string of the molecule is CCOC(=O)Cc1cc(=O)[nH]c(C(C)=O)n1. The van der Waals surface area contributed by atoms with Gasteiger partial charge in [-0.3, -0.25) is 14.4 Å². The second-order valence-electron chi connectivity index (χ2n) is 3.12. The molecule has 0 aliphatic carbocycles. The number of carbonyl (C=O) groups excluding carboxylic acids is 2. The first-order valence-corrected chi connectivity index (χ1v) is 4.79. The summed E-state index contributed by atoms with van der Waals surface area (Å²) < 4.78 is 4.71. The van der Waals surface area contributed by atoms with Crippen molar-refractivity contribution in [3.63, 3.8) is 0 Å².